The van der Waals surface area contributed by atoms with Crippen LogP contribution >= 0.6 is 22.9 Å². The predicted molar refractivity (Wildman–Crippen MR) is 99.6 cm³/mol. The second-order valence-corrected chi connectivity index (χ2v) is 13.1. The average molecular weight is 376 g/mol. The number of halogens is 1. The summed E-state index contributed by atoms with van der Waals surface area (Å²) >= 11 is 7.90. The fourth-order valence-corrected chi connectivity index (χ4v) is 7.24. The molecule has 0 amide bonds. The molecule has 4 nitrogen and oxygen atoms in total. The van der Waals surface area contributed by atoms with Crippen molar-refractivity contribution >= 4 is 43.3 Å². The minimum absolute atomic E-state index is 0.131. The highest BCUT2D eigenvalue weighted by molar-refractivity contribution is 7.09. The monoisotopic (exact) mass is 375 g/mol. The van der Waals surface area contributed by atoms with Crippen LogP contribution in [0.15, 0.2) is 10.4 Å². The Morgan fingerprint density at radius 1 is 1.52 bits per heavy atom. The van der Waals surface area contributed by atoms with Crippen molar-refractivity contribution in [2.45, 2.75) is 59.4 Å². The van der Waals surface area contributed by atoms with Gasteiger partial charge in [-0.1, -0.05) is 32.4 Å². The number of rotatable bonds is 7. The second kappa shape index (κ2) is 7.92. The molecule has 1 heterocycles. The normalized spacial score (nSPS) is 14.8. The summed E-state index contributed by atoms with van der Waals surface area (Å²) in [6, 6.07) is 0.927. The minimum atomic E-state index is -2.05. The number of aliphatic carboxylic acids is 1. The quantitative estimate of drug-likeness (QED) is 0.670. The Hall–Kier alpha value is -0.693. The molecule has 0 aromatic carbocycles. The third-order valence-electron chi connectivity index (χ3n) is 3.01. The van der Waals surface area contributed by atoms with E-state index in [1.165, 1.54) is 11.3 Å². The fraction of sp³-hybridized carbons (Fsp3) is 0.625. The lowest BCUT2D eigenvalue weighted by Gasteiger charge is -2.33. The largest absolute Gasteiger partial charge is 0.481 e. The maximum atomic E-state index is 11.2. The van der Waals surface area contributed by atoms with Gasteiger partial charge < -0.3 is 9.53 Å². The molecule has 0 aliphatic rings. The molecule has 130 valence electrons. The number of hydrogen-bond donors (Lipinski definition) is 1. The van der Waals surface area contributed by atoms with Crippen molar-refractivity contribution in [1.29, 1.82) is 0 Å². The van der Waals surface area contributed by atoms with E-state index in [1.807, 2.05) is 12.3 Å². The van der Waals surface area contributed by atoms with Crippen molar-refractivity contribution in [3.05, 3.63) is 21.1 Å². The summed E-state index contributed by atoms with van der Waals surface area (Å²) in [7, 11) is -2.05. The molecular formula is C16H26ClNO3SSi. The van der Waals surface area contributed by atoms with Gasteiger partial charge in [0.15, 0.2) is 8.32 Å². The van der Waals surface area contributed by atoms with Crippen molar-refractivity contribution in [3.63, 3.8) is 0 Å². The number of carboxylic acids is 1. The van der Waals surface area contributed by atoms with Gasteiger partial charge in [0.1, 0.15) is 0 Å². The van der Waals surface area contributed by atoms with Crippen LogP contribution in [-0.2, 0) is 9.22 Å². The van der Waals surface area contributed by atoms with Crippen LogP contribution in [0, 0.1) is 12.3 Å². The first-order valence-electron chi connectivity index (χ1n) is 7.57. The smallest absolute Gasteiger partial charge is 0.306 e. The van der Waals surface area contributed by atoms with Gasteiger partial charge in [-0.3, -0.25) is 4.79 Å². The summed E-state index contributed by atoms with van der Waals surface area (Å²) in [5.74, 6) is -0.920. The van der Waals surface area contributed by atoms with Gasteiger partial charge in [0, 0.05) is 10.4 Å². The molecule has 0 spiro atoms. The van der Waals surface area contributed by atoms with Gasteiger partial charge in [-0.25, -0.2) is 4.98 Å². The van der Waals surface area contributed by atoms with E-state index in [2.05, 4.69) is 38.8 Å². The molecule has 0 aliphatic heterocycles. The summed E-state index contributed by atoms with van der Waals surface area (Å²) in [6.07, 6.45) is 0.944. The van der Waals surface area contributed by atoms with Crippen LogP contribution in [0.4, 0.5) is 0 Å². The highest BCUT2D eigenvalue weighted by Gasteiger charge is 2.33. The molecule has 0 aliphatic carbocycles. The SMILES string of the molecule is Cc1nc(/C=C(\Cl)[C@H](CC(=O)O)O[Si](C)(C)CC(C)(C)C)cs1. The van der Waals surface area contributed by atoms with Crippen molar-refractivity contribution in [3.8, 4) is 0 Å². The molecule has 23 heavy (non-hydrogen) atoms. The van der Waals surface area contributed by atoms with Crippen LogP contribution < -0.4 is 0 Å². The third kappa shape index (κ3) is 8.10. The standard InChI is InChI=1S/C16H26ClNO3SSi/c1-11-18-12(9-22-11)7-13(17)14(8-15(19)20)21-23(5,6)10-16(2,3)4/h7,9,14H,8,10H2,1-6H3,(H,19,20)/b13-7-/t14-/m0/s1. The van der Waals surface area contributed by atoms with Crippen LogP contribution in [-0.4, -0.2) is 30.5 Å². The Kier molecular flexibility index (Phi) is 7.01. The Morgan fingerprint density at radius 2 is 2.13 bits per heavy atom. The van der Waals surface area contributed by atoms with Gasteiger partial charge in [0.05, 0.1) is 23.2 Å². The zero-order valence-corrected chi connectivity index (χ0v) is 17.2. The molecule has 0 radical (unpaired) electrons. The molecule has 0 saturated carbocycles. The van der Waals surface area contributed by atoms with E-state index >= 15 is 0 Å². The Labute approximate surface area is 148 Å². The Bertz CT molecular complexity index is 578. The van der Waals surface area contributed by atoms with Gasteiger partial charge in [0.25, 0.3) is 0 Å². The van der Waals surface area contributed by atoms with Crippen LogP contribution in [0.2, 0.25) is 19.1 Å². The van der Waals surface area contributed by atoms with Crippen LogP contribution in [0.3, 0.4) is 0 Å². The van der Waals surface area contributed by atoms with Crippen LogP contribution in [0.1, 0.15) is 37.9 Å². The Morgan fingerprint density at radius 3 is 2.57 bits per heavy atom. The maximum absolute atomic E-state index is 11.2. The first kappa shape index (κ1) is 20.4. The molecule has 1 aromatic heterocycles. The van der Waals surface area contributed by atoms with E-state index in [-0.39, 0.29) is 11.8 Å². The van der Waals surface area contributed by atoms with Crippen LogP contribution in [0.5, 0.6) is 0 Å². The first-order chi connectivity index (χ1) is 10.4. The van der Waals surface area contributed by atoms with Crippen molar-refractivity contribution in [2.24, 2.45) is 5.41 Å². The molecule has 1 N–H and O–H groups in total. The number of thiazole rings is 1. The fourth-order valence-electron chi connectivity index (χ4n) is 2.74. The van der Waals surface area contributed by atoms with E-state index in [4.69, 9.17) is 21.1 Å². The number of carboxylic acid groups (broad SMARTS) is 1. The highest BCUT2D eigenvalue weighted by Crippen LogP contribution is 2.31. The van der Waals surface area contributed by atoms with Crippen molar-refractivity contribution in [2.75, 3.05) is 0 Å². The molecule has 7 heteroatoms. The van der Waals surface area contributed by atoms with Gasteiger partial charge >= 0.3 is 5.97 Å². The lowest BCUT2D eigenvalue weighted by atomic mass is 10.0. The molecule has 1 rings (SSSR count). The van der Waals surface area contributed by atoms with Gasteiger partial charge in [0.2, 0.25) is 0 Å². The first-order valence-corrected chi connectivity index (χ1v) is 11.9. The summed E-state index contributed by atoms with van der Waals surface area (Å²) in [4.78, 5) is 15.5. The summed E-state index contributed by atoms with van der Waals surface area (Å²) in [5, 5.41) is 12.4. The summed E-state index contributed by atoms with van der Waals surface area (Å²) < 4.78 is 6.20. The van der Waals surface area contributed by atoms with E-state index in [0.29, 0.717) is 5.03 Å². The van der Waals surface area contributed by atoms with E-state index in [9.17, 15) is 4.79 Å². The lowest BCUT2D eigenvalue weighted by molar-refractivity contribution is -0.138. The molecule has 0 fully saturated rings. The lowest BCUT2D eigenvalue weighted by Crippen LogP contribution is -2.39. The van der Waals surface area contributed by atoms with E-state index < -0.39 is 20.4 Å². The number of hydrogen-bond acceptors (Lipinski definition) is 4. The van der Waals surface area contributed by atoms with Crippen LogP contribution in [0.25, 0.3) is 6.08 Å². The molecule has 1 atom stereocenters. The van der Waals surface area contributed by atoms with E-state index in [1.54, 1.807) is 6.08 Å². The number of carbonyl (C=O) groups is 1. The molecule has 0 unspecified atom stereocenters. The number of nitrogens with zero attached hydrogens (tertiary/aromatic N) is 1. The number of aryl methyl sites for hydroxylation is 1. The van der Waals surface area contributed by atoms with Gasteiger partial charge in [-0.05, 0) is 37.6 Å². The zero-order chi connectivity index (χ0) is 17.8. The number of aromatic nitrogens is 1. The van der Waals surface area contributed by atoms with Gasteiger partial charge in [-0.2, -0.15) is 0 Å². The van der Waals surface area contributed by atoms with Gasteiger partial charge in [-0.15, -0.1) is 11.3 Å². The zero-order valence-electron chi connectivity index (χ0n) is 14.6. The maximum Gasteiger partial charge on any atom is 0.306 e. The average Bonchev–Trinajstić information content (AvgIpc) is 2.69. The summed E-state index contributed by atoms with van der Waals surface area (Å²) in [5.41, 5.74) is 0.873. The minimum Gasteiger partial charge on any atom is -0.481 e. The summed E-state index contributed by atoms with van der Waals surface area (Å²) in [6.45, 7) is 12.6. The molecule has 0 bridgehead atoms. The molecule has 0 saturated heterocycles. The Balaban J connectivity index is 2.95. The third-order valence-corrected chi connectivity index (χ3v) is 6.99. The highest BCUT2D eigenvalue weighted by atomic mass is 35.5. The van der Waals surface area contributed by atoms with Crippen molar-refractivity contribution in [1.82, 2.24) is 4.98 Å². The molecular weight excluding hydrogens is 350 g/mol. The predicted octanol–water partition coefficient (Wildman–Crippen LogP) is 5.14. The van der Waals surface area contributed by atoms with Crippen molar-refractivity contribution < 1.29 is 14.3 Å². The molecule has 1 aromatic rings. The van der Waals surface area contributed by atoms with E-state index in [0.717, 1.165) is 16.7 Å². The second-order valence-electron chi connectivity index (χ2n) is 7.52. The topological polar surface area (TPSA) is 59.4 Å².